The van der Waals surface area contributed by atoms with Gasteiger partial charge in [0.25, 0.3) is 0 Å². The summed E-state index contributed by atoms with van der Waals surface area (Å²) >= 11 is 1.72. The summed E-state index contributed by atoms with van der Waals surface area (Å²) in [7, 11) is 1.91. The largest absolute Gasteiger partial charge is 0.489 e. The molecule has 1 fully saturated rings. The Bertz CT molecular complexity index is 628. The van der Waals surface area contributed by atoms with Crippen LogP contribution < -0.4 is 10.1 Å². The van der Waals surface area contributed by atoms with Crippen molar-refractivity contribution in [3.05, 3.63) is 40.9 Å². The van der Waals surface area contributed by atoms with Gasteiger partial charge in [-0.2, -0.15) is 0 Å². The highest BCUT2D eigenvalue weighted by Crippen LogP contribution is 2.28. The summed E-state index contributed by atoms with van der Waals surface area (Å²) in [6, 6.07) is 8.78. The first kappa shape index (κ1) is 15.3. The highest BCUT2D eigenvalue weighted by Gasteiger charge is 2.30. The van der Waals surface area contributed by atoms with Gasteiger partial charge in [0.15, 0.2) is 5.13 Å². The molecule has 118 valence electrons. The van der Waals surface area contributed by atoms with E-state index in [4.69, 9.17) is 4.74 Å². The van der Waals surface area contributed by atoms with Crippen molar-refractivity contribution in [2.45, 2.75) is 39.0 Å². The van der Waals surface area contributed by atoms with Gasteiger partial charge in [-0.15, -0.1) is 11.3 Å². The maximum absolute atomic E-state index is 6.20. The maximum Gasteiger partial charge on any atom is 0.182 e. The number of nitrogens with one attached hydrogen (secondary N) is 1. The summed E-state index contributed by atoms with van der Waals surface area (Å²) in [4.78, 5) is 8.13. The highest BCUT2D eigenvalue weighted by molar-refractivity contribution is 7.15. The SMILES string of the molecule is CNc1ncc(CN2CC(Oc3ccccc3C)CC2C)s1. The molecule has 0 spiro atoms. The number of hydrogen-bond donors (Lipinski definition) is 1. The minimum atomic E-state index is 0.271. The van der Waals surface area contributed by atoms with Crippen LogP contribution in [0.3, 0.4) is 0 Å². The minimum absolute atomic E-state index is 0.271. The van der Waals surface area contributed by atoms with Crippen molar-refractivity contribution in [1.29, 1.82) is 0 Å². The molecule has 2 unspecified atom stereocenters. The normalized spacial score (nSPS) is 22.0. The number of anilines is 1. The number of benzene rings is 1. The van der Waals surface area contributed by atoms with Crippen LogP contribution in [0.1, 0.15) is 23.8 Å². The molecule has 1 aliphatic heterocycles. The molecule has 5 heteroatoms. The Morgan fingerprint density at radius 1 is 1.41 bits per heavy atom. The molecule has 0 bridgehead atoms. The lowest BCUT2D eigenvalue weighted by Crippen LogP contribution is -2.27. The van der Waals surface area contributed by atoms with E-state index in [2.05, 4.69) is 47.2 Å². The van der Waals surface area contributed by atoms with Crippen molar-refractivity contribution >= 4 is 16.5 Å². The number of rotatable bonds is 5. The fourth-order valence-corrected chi connectivity index (χ4v) is 3.71. The zero-order chi connectivity index (χ0) is 15.5. The first-order chi connectivity index (χ1) is 10.7. The zero-order valence-electron chi connectivity index (χ0n) is 13.4. The average molecular weight is 317 g/mol. The van der Waals surface area contributed by atoms with Gasteiger partial charge < -0.3 is 10.1 Å². The van der Waals surface area contributed by atoms with E-state index in [0.29, 0.717) is 6.04 Å². The maximum atomic E-state index is 6.20. The molecule has 22 heavy (non-hydrogen) atoms. The number of para-hydroxylation sites is 1. The average Bonchev–Trinajstić information content (AvgIpc) is 3.09. The standard InChI is InChI=1S/C17H23N3OS/c1-12-6-4-5-7-16(12)21-14-8-13(2)20(10-14)11-15-9-19-17(18-3)22-15/h4-7,9,13-14H,8,10-11H2,1-3H3,(H,18,19). The Balaban J connectivity index is 1.60. The molecule has 0 radical (unpaired) electrons. The molecule has 0 saturated carbocycles. The lowest BCUT2D eigenvalue weighted by molar-refractivity contribution is 0.194. The molecule has 1 aliphatic rings. The third kappa shape index (κ3) is 3.42. The van der Waals surface area contributed by atoms with Gasteiger partial charge in [0, 0.05) is 43.7 Å². The first-order valence-electron chi connectivity index (χ1n) is 7.74. The summed E-state index contributed by atoms with van der Waals surface area (Å²) in [5.74, 6) is 1.01. The first-order valence-corrected chi connectivity index (χ1v) is 8.56. The number of nitrogens with zero attached hydrogens (tertiary/aromatic N) is 2. The van der Waals surface area contributed by atoms with E-state index in [0.717, 1.165) is 30.4 Å². The predicted molar refractivity (Wildman–Crippen MR) is 91.7 cm³/mol. The van der Waals surface area contributed by atoms with Gasteiger partial charge in [-0.3, -0.25) is 4.90 Å². The van der Waals surface area contributed by atoms with Crippen molar-refractivity contribution < 1.29 is 4.74 Å². The second-order valence-electron chi connectivity index (χ2n) is 5.90. The molecule has 1 aromatic carbocycles. The monoisotopic (exact) mass is 317 g/mol. The Labute approximate surface area is 136 Å². The van der Waals surface area contributed by atoms with E-state index >= 15 is 0 Å². The minimum Gasteiger partial charge on any atom is -0.489 e. The number of thiazole rings is 1. The molecule has 2 aromatic rings. The number of ether oxygens (including phenoxy) is 1. The number of aromatic nitrogens is 1. The predicted octanol–water partition coefficient (Wildman–Crippen LogP) is 3.54. The van der Waals surface area contributed by atoms with E-state index in [9.17, 15) is 0 Å². The summed E-state index contributed by atoms with van der Waals surface area (Å²) in [6.07, 6.45) is 3.32. The van der Waals surface area contributed by atoms with Crippen LogP contribution in [0.5, 0.6) is 5.75 Å². The molecule has 0 aliphatic carbocycles. The second-order valence-corrected chi connectivity index (χ2v) is 7.02. The summed E-state index contributed by atoms with van der Waals surface area (Å²) < 4.78 is 6.20. The smallest absolute Gasteiger partial charge is 0.182 e. The Morgan fingerprint density at radius 2 is 2.23 bits per heavy atom. The zero-order valence-corrected chi connectivity index (χ0v) is 14.2. The van der Waals surface area contributed by atoms with E-state index in [-0.39, 0.29) is 6.10 Å². The van der Waals surface area contributed by atoms with E-state index in [1.54, 1.807) is 11.3 Å². The van der Waals surface area contributed by atoms with Gasteiger partial charge in [0.2, 0.25) is 0 Å². The molecule has 1 aromatic heterocycles. The van der Waals surface area contributed by atoms with Crippen LogP contribution >= 0.6 is 11.3 Å². The molecular formula is C17H23N3OS. The fraction of sp³-hybridized carbons (Fsp3) is 0.471. The lowest BCUT2D eigenvalue weighted by Gasteiger charge is -2.19. The van der Waals surface area contributed by atoms with Crippen molar-refractivity contribution in [1.82, 2.24) is 9.88 Å². The van der Waals surface area contributed by atoms with Gasteiger partial charge in [0.1, 0.15) is 11.9 Å². The van der Waals surface area contributed by atoms with E-state index < -0.39 is 0 Å². The van der Waals surface area contributed by atoms with Crippen LogP contribution in [-0.2, 0) is 6.54 Å². The quantitative estimate of drug-likeness (QED) is 0.915. The molecule has 3 rings (SSSR count). The van der Waals surface area contributed by atoms with Crippen molar-refractivity contribution in [2.24, 2.45) is 0 Å². The van der Waals surface area contributed by atoms with E-state index in [1.165, 1.54) is 10.4 Å². The molecule has 2 atom stereocenters. The van der Waals surface area contributed by atoms with Crippen molar-refractivity contribution in [3.63, 3.8) is 0 Å². The molecule has 2 heterocycles. The number of hydrogen-bond acceptors (Lipinski definition) is 5. The van der Waals surface area contributed by atoms with Crippen LogP contribution in [0.4, 0.5) is 5.13 Å². The van der Waals surface area contributed by atoms with Crippen LogP contribution in [0.25, 0.3) is 0 Å². The number of likely N-dealkylation sites (tertiary alicyclic amines) is 1. The van der Waals surface area contributed by atoms with Gasteiger partial charge in [0.05, 0.1) is 0 Å². The third-order valence-corrected chi connectivity index (χ3v) is 5.18. The van der Waals surface area contributed by atoms with Crippen molar-refractivity contribution in [3.8, 4) is 5.75 Å². The van der Waals surface area contributed by atoms with Crippen LogP contribution in [0, 0.1) is 6.92 Å². The van der Waals surface area contributed by atoms with Crippen LogP contribution in [-0.4, -0.2) is 35.6 Å². The molecule has 1 saturated heterocycles. The lowest BCUT2D eigenvalue weighted by atomic mass is 10.2. The van der Waals surface area contributed by atoms with Crippen molar-refractivity contribution in [2.75, 3.05) is 18.9 Å². The van der Waals surface area contributed by atoms with Crippen LogP contribution in [0.15, 0.2) is 30.5 Å². The third-order valence-electron chi connectivity index (χ3n) is 4.18. The summed E-state index contributed by atoms with van der Waals surface area (Å²) in [5, 5.41) is 4.08. The molecule has 4 nitrogen and oxygen atoms in total. The summed E-state index contributed by atoms with van der Waals surface area (Å²) in [5.41, 5.74) is 1.20. The number of aryl methyl sites for hydroxylation is 1. The Hall–Kier alpha value is -1.59. The Kier molecular flexibility index (Phi) is 4.64. The van der Waals surface area contributed by atoms with Crippen LogP contribution in [0.2, 0.25) is 0 Å². The fourth-order valence-electron chi connectivity index (χ4n) is 2.92. The second kappa shape index (κ2) is 6.67. The molecule has 1 N–H and O–H groups in total. The summed E-state index contributed by atoms with van der Waals surface area (Å²) in [6.45, 7) is 6.31. The topological polar surface area (TPSA) is 37.4 Å². The molecule has 0 amide bonds. The van der Waals surface area contributed by atoms with Gasteiger partial charge in [-0.1, -0.05) is 18.2 Å². The molecular weight excluding hydrogens is 294 g/mol. The van der Waals surface area contributed by atoms with Gasteiger partial charge in [-0.25, -0.2) is 4.98 Å². The van der Waals surface area contributed by atoms with Gasteiger partial charge >= 0.3 is 0 Å². The van der Waals surface area contributed by atoms with Gasteiger partial charge in [-0.05, 0) is 25.5 Å². The highest BCUT2D eigenvalue weighted by atomic mass is 32.1. The Morgan fingerprint density at radius 3 is 2.95 bits per heavy atom. The van der Waals surface area contributed by atoms with E-state index in [1.807, 2.05) is 19.3 Å².